The van der Waals surface area contributed by atoms with Crippen LogP contribution in [0.3, 0.4) is 0 Å². The van der Waals surface area contributed by atoms with Gasteiger partial charge in [0.1, 0.15) is 0 Å². The van der Waals surface area contributed by atoms with Crippen molar-refractivity contribution < 1.29 is 0 Å². The van der Waals surface area contributed by atoms with E-state index in [2.05, 4.69) is 261 Å². The lowest BCUT2D eigenvalue weighted by molar-refractivity contribution is 0.191. The van der Waals surface area contributed by atoms with Gasteiger partial charge in [-0.1, -0.05) is 220 Å². The van der Waals surface area contributed by atoms with Gasteiger partial charge < -0.3 is 4.90 Å². The SMILES string of the molecule is CC(C)(C)c1cc(-c2cccc3cccc(-c4ccccc4N(c4ccc(-c5ccc6c(c5)C5(c7ccccc7-6)C6CC7CC(C6)C5C7)cc4)c4ccc(C(C)(C)C)cc4-c4ccccc4)c23)cc(C(C)(C)C)c1. The first-order valence-corrected chi connectivity index (χ1v) is 27.7. The quantitative estimate of drug-likeness (QED) is 0.154. The summed E-state index contributed by atoms with van der Waals surface area (Å²) in [4.78, 5) is 2.55. The third-order valence-corrected chi connectivity index (χ3v) is 18.3. The number of nitrogens with zero attached hydrogens (tertiary/aromatic N) is 1. The van der Waals surface area contributed by atoms with E-state index in [1.165, 1.54) is 109 Å². The molecule has 368 valence electrons. The van der Waals surface area contributed by atoms with Gasteiger partial charge in [0.05, 0.1) is 11.4 Å². The molecular weight excluding hydrogens is 891 g/mol. The molecule has 9 aromatic rings. The van der Waals surface area contributed by atoms with Crippen molar-refractivity contribution in [2.24, 2.45) is 23.7 Å². The third kappa shape index (κ3) is 7.46. The van der Waals surface area contributed by atoms with Gasteiger partial charge in [0.2, 0.25) is 0 Å². The zero-order chi connectivity index (χ0) is 50.9. The zero-order valence-electron chi connectivity index (χ0n) is 45.1. The summed E-state index contributed by atoms with van der Waals surface area (Å²) in [6, 6.07) is 75.0. The largest absolute Gasteiger partial charge is 0.309 e. The molecule has 0 aliphatic heterocycles. The number of anilines is 3. The lowest BCUT2D eigenvalue weighted by atomic mass is 9.59. The molecule has 5 unspecified atom stereocenters. The fourth-order valence-corrected chi connectivity index (χ4v) is 14.8. The molecule has 0 heterocycles. The molecule has 0 N–H and O–H groups in total. The molecule has 0 radical (unpaired) electrons. The molecule has 5 aliphatic rings. The molecule has 0 saturated heterocycles. The summed E-state index contributed by atoms with van der Waals surface area (Å²) >= 11 is 0. The Labute approximate surface area is 441 Å². The van der Waals surface area contributed by atoms with Gasteiger partial charge in [0, 0.05) is 22.2 Å². The fraction of sp³-hybridized carbons (Fsp3) is 0.288. The van der Waals surface area contributed by atoms with Crippen LogP contribution in [0.1, 0.15) is 116 Å². The Morgan fingerprint density at radius 2 is 0.986 bits per heavy atom. The van der Waals surface area contributed by atoms with Crippen LogP contribution >= 0.6 is 0 Å². The normalized spacial score (nSPS) is 20.6. The number of para-hydroxylation sites is 1. The van der Waals surface area contributed by atoms with Crippen LogP contribution in [-0.4, -0.2) is 0 Å². The molecule has 5 atom stereocenters. The second-order valence-electron chi connectivity index (χ2n) is 25.8. The predicted molar refractivity (Wildman–Crippen MR) is 315 cm³/mol. The minimum Gasteiger partial charge on any atom is -0.309 e. The first-order chi connectivity index (χ1) is 35.6. The fourth-order valence-electron chi connectivity index (χ4n) is 14.8. The van der Waals surface area contributed by atoms with Crippen LogP contribution in [0, 0.1) is 23.7 Å². The molecule has 1 spiro atoms. The highest BCUT2D eigenvalue weighted by Crippen LogP contribution is 2.73. The Balaban J connectivity index is 0.996. The number of rotatable bonds is 7. The average Bonchev–Trinajstić information content (AvgIpc) is 3.96. The van der Waals surface area contributed by atoms with Gasteiger partial charge in [-0.05, 0) is 185 Å². The molecule has 0 aromatic heterocycles. The van der Waals surface area contributed by atoms with E-state index in [0.29, 0.717) is 0 Å². The second kappa shape index (κ2) is 17.0. The van der Waals surface area contributed by atoms with Crippen LogP contribution in [0.5, 0.6) is 0 Å². The predicted octanol–water partition coefficient (Wildman–Crippen LogP) is 20.2. The summed E-state index contributed by atoms with van der Waals surface area (Å²) in [6.07, 6.45) is 5.63. The molecular formula is C73H71N. The maximum atomic E-state index is 2.63. The summed E-state index contributed by atoms with van der Waals surface area (Å²) in [6.45, 7) is 21.0. The molecule has 0 amide bonds. The van der Waals surface area contributed by atoms with Gasteiger partial charge in [-0.3, -0.25) is 0 Å². The van der Waals surface area contributed by atoms with Gasteiger partial charge in [0.25, 0.3) is 0 Å². The standard InChI is InChI=1S/C73H71N/c1-70(2,3)53-32-36-68(63(45-53)48-19-11-10-12-20-48)74(57-33-29-47(30-34-57)50-31-35-60-59-23-13-15-27-64(59)73(66(60)43-50)56-38-46-37-52(42-56)65(73)39-46)67-28-16-14-24-61(67)62-26-18-22-49-21-17-25-58(69(49)62)51-40-54(71(4,5)6)44-55(41-51)72(7,8)9/h10-36,40-41,43-46,52,56,65H,37-39,42H2,1-9H3. The van der Waals surface area contributed by atoms with Crippen LogP contribution in [0.4, 0.5) is 17.1 Å². The maximum Gasteiger partial charge on any atom is 0.0540 e. The molecule has 1 heteroatoms. The Hall–Kier alpha value is -6.96. The zero-order valence-corrected chi connectivity index (χ0v) is 45.1. The second-order valence-corrected chi connectivity index (χ2v) is 25.8. The highest BCUT2D eigenvalue weighted by atomic mass is 15.1. The average molecular weight is 962 g/mol. The molecule has 74 heavy (non-hydrogen) atoms. The number of hydrogen-bond acceptors (Lipinski definition) is 1. The topological polar surface area (TPSA) is 3.24 Å². The minimum absolute atomic E-state index is 0.00504. The lowest BCUT2D eigenvalue weighted by Gasteiger charge is -2.44. The Kier molecular flexibility index (Phi) is 10.8. The molecule has 1 nitrogen and oxygen atoms in total. The third-order valence-electron chi connectivity index (χ3n) is 18.3. The van der Waals surface area contributed by atoms with Gasteiger partial charge >= 0.3 is 0 Å². The van der Waals surface area contributed by atoms with E-state index in [1.807, 2.05) is 0 Å². The summed E-state index contributed by atoms with van der Waals surface area (Å²) in [7, 11) is 0. The summed E-state index contributed by atoms with van der Waals surface area (Å²) in [5, 5.41) is 2.51. The van der Waals surface area contributed by atoms with Gasteiger partial charge in [-0.25, -0.2) is 0 Å². The van der Waals surface area contributed by atoms with Crippen molar-refractivity contribution in [3.05, 3.63) is 222 Å². The van der Waals surface area contributed by atoms with Gasteiger partial charge in [-0.2, -0.15) is 0 Å². The highest BCUT2D eigenvalue weighted by Gasteiger charge is 2.66. The smallest absolute Gasteiger partial charge is 0.0540 e. The van der Waals surface area contributed by atoms with E-state index in [-0.39, 0.29) is 21.7 Å². The molecule has 9 aromatic carbocycles. The van der Waals surface area contributed by atoms with Crippen molar-refractivity contribution in [1.29, 1.82) is 0 Å². The maximum absolute atomic E-state index is 2.63. The van der Waals surface area contributed by atoms with Crippen molar-refractivity contribution in [1.82, 2.24) is 0 Å². The van der Waals surface area contributed by atoms with Crippen molar-refractivity contribution in [2.45, 2.75) is 110 Å². The van der Waals surface area contributed by atoms with Crippen molar-refractivity contribution in [3.63, 3.8) is 0 Å². The Morgan fingerprint density at radius 3 is 1.69 bits per heavy atom. The lowest BCUT2D eigenvalue weighted by Crippen LogP contribution is -2.40. The molecule has 4 fully saturated rings. The number of hydrogen-bond donors (Lipinski definition) is 0. The monoisotopic (exact) mass is 962 g/mol. The van der Waals surface area contributed by atoms with E-state index in [9.17, 15) is 0 Å². The van der Waals surface area contributed by atoms with E-state index in [1.54, 1.807) is 11.1 Å². The van der Waals surface area contributed by atoms with E-state index >= 15 is 0 Å². The number of fused-ring (bicyclic) bond motifs is 4. The molecule has 4 bridgehead atoms. The van der Waals surface area contributed by atoms with Gasteiger partial charge in [-0.15, -0.1) is 0 Å². The minimum atomic E-state index is -0.0315. The van der Waals surface area contributed by atoms with E-state index in [4.69, 9.17) is 0 Å². The number of benzene rings is 9. The van der Waals surface area contributed by atoms with Crippen LogP contribution < -0.4 is 4.90 Å². The van der Waals surface area contributed by atoms with Crippen molar-refractivity contribution >= 4 is 27.8 Å². The van der Waals surface area contributed by atoms with Crippen molar-refractivity contribution in [3.8, 4) is 55.6 Å². The van der Waals surface area contributed by atoms with Crippen molar-refractivity contribution in [2.75, 3.05) is 4.90 Å². The van der Waals surface area contributed by atoms with Crippen LogP contribution in [0.25, 0.3) is 66.4 Å². The Morgan fingerprint density at radius 1 is 0.378 bits per heavy atom. The highest BCUT2D eigenvalue weighted by molar-refractivity contribution is 6.09. The molecule has 4 saturated carbocycles. The van der Waals surface area contributed by atoms with Crippen LogP contribution in [0.15, 0.2) is 194 Å². The van der Waals surface area contributed by atoms with Gasteiger partial charge in [0.15, 0.2) is 0 Å². The summed E-state index contributed by atoms with van der Waals surface area (Å²) in [5.74, 6) is 3.30. The first-order valence-electron chi connectivity index (χ1n) is 27.7. The first kappa shape index (κ1) is 46.8. The van der Waals surface area contributed by atoms with Crippen LogP contribution in [-0.2, 0) is 21.7 Å². The molecule has 5 aliphatic carbocycles. The van der Waals surface area contributed by atoms with E-state index < -0.39 is 0 Å². The summed E-state index contributed by atoms with van der Waals surface area (Å²) < 4.78 is 0. The van der Waals surface area contributed by atoms with Crippen LogP contribution in [0.2, 0.25) is 0 Å². The Bertz CT molecular complexity index is 3600. The summed E-state index contributed by atoms with van der Waals surface area (Å²) in [5.41, 5.74) is 23.7. The molecule has 14 rings (SSSR count). The van der Waals surface area contributed by atoms with E-state index in [0.717, 1.165) is 40.7 Å².